The molecule has 3 heteroatoms. The van der Waals surface area contributed by atoms with Crippen LogP contribution < -0.4 is 5.32 Å². The summed E-state index contributed by atoms with van der Waals surface area (Å²) in [6.07, 6.45) is 7.09. The van der Waals surface area contributed by atoms with Crippen molar-refractivity contribution in [1.29, 1.82) is 0 Å². The van der Waals surface area contributed by atoms with Crippen LogP contribution >= 0.6 is 0 Å². The summed E-state index contributed by atoms with van der Waals surface area (Å²) < 4.78 is 6.00. The Morgan fingerprint density at radius 3 is 2.75 bits per heavy atom. The molecule has 1 heterocycles. The average Bonchev–Trinajstić information content (AvgIpc) is 2.46. The summed E-state index contributed by atoms with van der Waals surface area (Å²) in [5, 5.41) is 3.64. The van der Waals surface area contributed by atoms with Gasteiger partial charge in [-0.25, -0.2) is 0 Å². The molecule has 20 heavy (non-hydrogen) atoms. The highest BCUT2D eigenvalue weighted by Crippen LogP contribution is 2.31. The molecule has 2 aliphatic rings. The number of rotatable bonds is 6. The lowest BCUT2D eigenvalue weighted by Crippen LogP contribution is -2.56. The predicted molar refractivity (Wildman–Crippen MR) is 85.1 cm³/mol. The van der Waals surface area contributed by atoms with Crippen LogP contribution in [0.4, 0.5) is 0 Å². The van der Waals surface area contributed by atoms with Gasteiger partial charge in [0, 0.05) is 31.7 Å². The molecule has 3 unspecified atom stereocenters. The summed E-state index contributed by atoms with van der Waals surface area (Å²) in [4.78, 5) is 2.73. The Bertz CT molecular complexity index is 293. The Labute approximate surface area is 125 Å². The van der Waals surface area contributed by atoms with Crippen molar-refractivity contribution in [3.8, 4) is 0 Å². The average molecular weight is 282 g/mol. The van der Waals surface area contributed by atoms with Crippen molar-refractivity contribution in [1.82, 2.24) is 10.2 Å². The van der Waals surface area contributed by atoms with Crippen molar-refractivity contribution < 1.29 is 4.74 Å². The molecule has 0 radical (unpaired) electrons. The van der Waals surface area contributed by atoms with Gasteiger partial charge in [0.05, 0.1) is 12.7 Å². The molecular formula is C17H34N2O. The third kappa shape index (κ3) is 4.19. The molecule has 0 spiro atoms. The lowest BCUT2D eigenvalue weighted by Gasteiger charge is -2.47. The van der Waals surface area contributed by atoms with Crippen molar-refractivity contribution in [3.05, 3.63) is 0 Å². The van der Waals surface area contributed by atoms with Gasteiger partial charge in [0.15, 0.2) is 0 Å². The van der Waals surface area contributed by atoms with E-state index >= 15 is 0 Å². The minimum atomic E-state index is 0.379. The maximum atomic E-state index is 6.00. The van der Waals surface area contributed by atoms with E-state index in [1.54, 1.807) is 0 Å². The number of nitrogens with zero attached hydrogens (tertiary/aromatic N) is 1. The van der Waals surface area contributed by atoms with Crippen LogP contribution in [-0.4, -0.2) is 49.3 Å². The van der Waals surface area contributed by atoms with Crippen LogP contribution in [0, 0.1) is 5.41 Å². The number of fused-ring (bicyclic) bond motifs is 1. The van der Waals surface area contributed by atoms with Gasteiger partial charge in [-0.2, -0.15) is 0 Å². The molecule has 0 aromatic heterocycles. The molecule has 1 N–H and O–H groups in total. The van der Waals surface area contributed by atoms with Crippen LogP contribution in [0.2, 0.25) is 0 Å². The maximum Gasteiger partial charge on any atom is 0.0730 e. The summed E-state index contributed by atoms with van der Waals surface area (Å²) in [6, 6.07) is 1.26. The van der Waals surface area contributed by atoms with E-state index < -0.39 is 0 Å². The molecule has 3 atom stereocenters. The second-order valence-electron chi connectivity index (χ2n) is 7.43. The first-order valence-corrected chi connectivity index (χ1v) is 8.63. The predicted octanol–water partition coefficient (Wildman–Crippen LogP) is 3.04. The van der Waals surface area contributed by atoms with E-state index in [2.05, 4.69) is 37.9 Å². The lowest BCUT2D eigenvalue weighted by atomic mass is 9.83. The molecule has 0 aromatic rings. The number of hydrogen-bond acceptors (Lipinski definition) is 3. The van der Waals surface area contributed by atoms with Gasteiger partial charge in [0.1, 0.15) is 0 Å². The lowest BCUT2D eigenvalue weighted by molar-refractivity contribution is -0.0980. The standard InChI is InChI=1S/C17H34N2O/c1-5-17(4,12-18-14(2)3)13-19-10-11-20-16-9-7-6-8-15(16)19/h14-16,18H,5-13H2,1-4H3. The van der Waals surface area contributed by atoms with Gasteiger partial charge < -0.3 is 10.1 Å². The highest BCUT2D eigenvalue weighted by Gasteiger charge is 2.37. The van der Waals surface area contributed by atoms with Gasteiger partial charge in [-0.1, -0.05) is 40.5 Å². The van der Waals surface area contributed by atoms with Crippen molar-refractivity contribution in [2.24, 2.45) is 5.41 Å². The quantitative estimate of drug-likeness (QED) is 0.810. The van der Waals surface area contributed by atoms with Crippen molar-refractivity contribution in [3.63, 3.8) is 0 Å². The fourth-order valence-electron chi connectivity index (χ4n) is 3.61. The van der Waals surface area contributed by atoms with E-state index in [1.165, 1.54) is 38.6 Å². The second-order valence-corrected chi connectivity index (χ2v) is 7.43. The van der Waals surface area contributed by atoms with Crippen LogP contribution in [0.25, 0.3) is 0 Å². The summed E-state index contributed by atoms with van der Waals surface area (Å²) in [5.41, 5.74) is 0.379. The van der Waals surface area contributed by atoms with E-state index in [4.69, 9.17) is 4.74 Å². The van der Waals surface area contributed by atoms with Crippen LogP contribution in [0.3, 0.4) is 0 Å². The SMILES string of the molecule is CCC(C)(CNC(C)C)CN1CCOC2CCCCC21. The summed E-state index contributed by atoms with van der Waals surface area (Å²) in [6.45, 7) is 13.6. The van der Waals surface area contributed by atoms with Crippen LogP contribution in [-0.2, 0) is 4.74 Å². The fraction of sp³-hybridized carbons (Fsp3) is 1.00. The molecule has 1 aliphatic heterocycles. The van der Waals surface area contributed by atoms with Crippen molar-refractivity contribution in [2.45, 2.75) is 78.0 Å². The molecule has 1 saturated carbocycles. The number of morpholine rings is 1. The number of nitrogens with one attached hydrogen (secondary N) is 1. The molecule has 3 nitrogen and oxygen atoms in total. The third-order valence-corrected chi connectivity index (χ3v) is 5.22. The Morgan fingerprint density at radius 1 is 1.30 bits per heavy atom. The highest BCUT2D eigenvalue weighted by atomic mass is 16.5. The molecule has 1 aliphatic carbocycles. The minimum Gasteiger partial charge on any atom is -0.375 e. The van der Waals surface area contributed by atoms with Gasteiger partial charge in [-0.05, 0) is 24.7 Å². The normalized spacial score (nSPS) is 31.1. The van der Waals surface area contributed by atoms with Crippen LogP contribution in [0.5, 0.6) is 0 Å². The fourth-order valence-corrected chi connectivity index (χ4v) is 3.61. The third-order valence-electron chi connectivity index (χ3n) is 5.22. The molecule has 0 amide bonds. The first-order chi connectivity index (χ1) is 9.54. The minimum absolute atomic E-state index is 0.379. The monoisotopic (exact) mass is 282 g/mol. The van der Waals surface area contributed by atoms with Gasteiger partial charge in [0.25, 0.3) is 0 Å². The Morgan fingerprint density at radius 2 is 2.05 bits per heavy atom. The van der Waals surface area contributed by atoms with Crippen molar-refractivity contribution >= 4 is 0 Å². The summed E-state index contributed by atoms with van der Waals surface area (Å²) >= 11 is 0. The van der Waals surface area contributed by atoms with Gasteiger partial charge >= 0.3 is 0 Å². The molecule has 1 saturated heterocycles. The zero-order valence-corrected chi connectivity index (χ0v) is 14.0. The Balaban J connectivity index is 1.94. The van der Waals surface area contributed by atoms with Crippen LogP contribution in [0.15, 0.2) is 0 Å². The first kappa shape index (κ1) is 16.3. The highest BCUT2D eigenvalue weighted by molar-refractivity contribution is 4.91. The summed E-state index contributed by atoms with van der Waals surface area (Å²) in [7, 11) is 0. The molecule has 0 bridgehead atoms. The molecule has 2 rings (SSSR count). The topological polar surface area (TPSA) is 24.5 Å². The largest absolute Gasteiger partial charge is 0.375 e. The zero-order chi connectivity index (χ0) is 14.6. The number of ether oxygens (including phenoxy) is 1. The van der Waals surface area contributed by atoms with Crippen LogP contribution in [0.1, 0.15) is 59.8 Å². The summed E-state index contributed by atoms with van der Waals surface area (Å²) in [5.74, 6) is 0. The van der Waals surface area contributed by atoms with Gasteiger partial charge in [-0.3, -0.25) is 4.90 Å². The van der Waals surface area contributed by atoms with Gasteiger partial charge in [-0.15, -0.1) is 0 Å². The number of hydrogen-bond donors (Lipinski definition) is 1. The molecule has 0 aromatic carbocycles. The Hall–Kier alpha value is -0.120. The maximum absolute atomic E-state index is 6.00. The van der Waals surface area contributed by atoms with E-state index in [1.807, 2.05) is 0 Å². The smallest absolute Gasteiger partial charge is 0.0730 e. The van der Waals surface area contributed by atoms with Gasteiger partial charge in [0.2, 0.25) is 0 Å². The molecular weight excluding hydrogens is 248 g/mol. The van der Waals surface area contributed by atoms with E-state index in [9.17, 15) is 0 Å². The van der Waals surface area contributed by atoms with E-state index in [0.29, 0.717) is 23.6 Å². The first-order valence-electron chi connectivity index (χ1n) is 8.63. The molecule has 2 fully saturated rings. The van der Waals surface area contributed by atoms with Crippen molar-refractivity contribution in [2.75, 3.05) is 26.2 Å². The van der Waals surface area contributed by atoms with E-state index in [0.717, 1.165) is 19.7 Å². The zero-order valence-electron chi connectivity index (χ0n) is 14.0. The van der Waals surface area contributed by atoms with E-state index in [-0.39, 0.29) is 0 Å². The molecule has 118 valence electrons. The second kappa shape index (κ2) is 7.24. The Kier molecular flexibility index (Phi) is 5.88.